The summed E-state index contributed by atoms with van der Waals surface area (Å²) >= 11 is 0. The zero-order chi connectivity index (χ0) is 8.81. The summed E-state index contributed by atoms with van der Waals surface area (Å²) in [5, 5.41) is 7.90. The topological polar surface area (TPSA) is 56.7 Å². The molecule has 1 aromatic rings. The SMILES string of the molecule is CCCn1cnnc1CCCN. The lowest BCUT2D eigenvalue weighted by atomic mass is 10.3. The number of rotatable bonds is 5. The van der Waals surface area contributed by atoms with Gasteiger partial charge in [-0.05, 0) is 19.4 Å². The molecule has 12 heavy (non-hydrogen) atoms. The molecular weight excluding hydrogens is 152 g/mol. The molecule has 0 saturated heterocycles. The molecule has 0 bridgehead atoms. The maximum Gasteiger partial charge on any atom is 0.132 e. The van der Waals surface area contributed by atoms with Crippen LogP contribution in [-0.2, 0) is 13.0 Å². The predicted molar refractivity (Wildman–Crippen MR) is 47.7 cm³/mol. The molecule has 0 unspecified atom stereocenters. The minimum absolute atomic E-state index is 0.721. The van der Waals surface area contributed by atoms with Crippen LogP contribution in [0.5, 0.6) is 0 Å². The van der Waals surface area contributed by atoms with Crippen LogP contribution in [-0.4, -0.2) is 21.3 Å². The number of hydrogen-bond acceptors (Lipinski definition) is 3. The van der Waals surface area contributed by atoms with Gasteiger partial charge in [0.15, 0.2) is 0 Å². The van der Waals surface area contributed by atoms with Gasteiger partial charge in [0.25, 0.3) is 0 Å². The van der Waals surface area contributed by atoms with Gasteiger partial charge in [-0.1, -0.05) is 6.92 Å². The van der Waals surface area contributed by atoms with Crippen LogP contribution in [0.1, 0.15) is 25.6 Å². The molecule has 0 atom stereocenters. The van der Waals surface area contributed by atoms with Crippen molar-refractivity contribution in [2.75, 3.05) is 6.54 Å². The highest BCUT2D eigenvalue weighted by molar-refractivity contribution is 4.85. The Morgan fingerprint density at radius 3 is 3.08 bits per heavy atom. The van der Waals surface area contributed by atoms with Gasteiger partial charge in [-0.25, -0.2) is 0 Å². The van der Waals surface area contributed by atoms with E-state index in [2.05, 4.69) is 21.7 Å². The van der Waals surface area contributed by atoms with Gasteiger partial charge in [0.2, 0.25) is 0 Å². The highest BCUT2D eigenvalue weighted by Gasteiger charge is 2.01. The summed E-state index contributed by atoms with van der Waals surface area (Å²) in [7, 11) is 0. The summed E-state index contributed by atoms with van der Waals surface area (Å²) in [6.07, 6.45) is 4.84. The van der Waals surface area contributed by atoms with E-state index in [1.807, 2.05) is 0 Å². The quantitative estimate of drug-likeness (QED) is 0.699. The van der Waals surface area contributed by atoms with Crippen LogP contribution in [0.25, 0.3) is 0 Å². The monoisotopic (exact) mass is 168 g/mol. The molecule has 0 fully saturated rings. The van der Waals surface area contributed by atoms with Crippen LogP contribution in [0.2, 0.25) is 0 Å². The molecule has 0 radical (unpaired) electrons. The van der Waals surface area contributed by atoms with Crippen molar-refractivity contribution in [3.63, 3.8) is 0 Å². The van der Waals surface area contributed by atoms with Gasteiger partial charge in [-0.15, -0.1) is 10.2 Å². The van der Waals surface area contributed by atoms with Gasteiger partial charge < -0.3 is 10.3 Å². The fourth-order valence-corrected chi connectivity index (χ4v) is 1.16. The summed E-state index contributed by atoms with van der Waals surface area (Å²) < 4.78 is 2.09. The van der Waals surface area contributed by atoms with Crippen LogP contribution in [0.15, 0.2) is 6.33 Å². The van der Waals surface area contributed by atoms with Crippen LogP contribution in [0, 0.1) is 0 Å². The minimum atomic E-state index is 0.721. The molecule has 0 amide bonds. The maximum atomic E-state index is 5.41. The second kappa shape index (κ2) is 4.87. The molecule has 0 spiro atoms. The first kappa shape index (κ1) is 9.19. The Labute approximate surface area is 72.8 Å². The number of nitrogens with two attached hydrogens (primary N) is 1. The Balaban J connectivity index is 2.51. The number of aromatic nitrogens is 3. The molecule has 0 aliphatic rings. The van der Waals surface area contributed by atoms with Gasteiger partial charge in [0, 0.05) is 13.0 Å². The first-order valence-electron chi connectivity index (χ1n) is 4.45. The van der Waals surface area contributed by atoms with Crippen molar-refractivity contribution in [3.05, 3.63) is 12.2 Å². The number of nitrogens with zero attached hydrogens (tertiary/aromatic N) is 3. The fraction of sp³-hybridized carbons (Fsp3) is 0.750. The molecule has 2 N–H and O–H groups in total. The molecule has 1 aromatic heterocycles. The largest absolute Gasteiger partial charge is 0.330 e. The summed E-state index contributed by atoms with van der Waals surface area (Å²) in [6, 6.07) is 0. The molecule has 0 saturated carbocycles. The molecule has 1 heterocycles. The zero-order valence-corrected chi connectivity index (χ0v) is 7.53. The van der Waals surface area contributed by atoms with E-state index in [0.29, 0.717) is 0 Å². The van der Waals surface area contributed by atoms with Crippen molar-refractivity contribution in [3.8, 4) is 0 Å². The third-order valence-electron chi connectivity index (χ3n) is 1.76. The second-order valence-corrected chi connectivity index (χ2v) is 2.83. The van der Waals surface area contributed by atoms with Gasteiger partial charge in [-0.3, -0.25) is 0 Å². The van der Waals surface area contributed by atoms with E-state index in [0.717, 1.165) is 38.2 Å². The third-order valence-corrected chi connectivity index (χ3v) is 1.76. The highest BCUT2D eigenvalue weighted by Crippen LogP contribution is 1.99. The Kier molecular flexibility index (Phi) is 3.73. The van der Waals surface area contributed by atoms with Crippen molar-refractivity contribution in [1.82, 2.24) is 14.8 Å². The third kappa shape index (κ3) is 2.30. The van der Waals surface area contributed by atoms with Crippen LogP contribution < -0.4 is 5.73 Å². The zero-order valence-electron chi connectivity index (χ0n) is 7.53. The molecule has 68 valence electrons. The van der Waals surface area contributed by atoms with Gasteiger partial charge in [0.1, 0.15) is 12.2 Å². The summed E-state index contributed by atoms with van der Waals surface area (Å²) in [6.45, 7) is 3.87. The van der Waals surface area contributed by atoms with Crippen molar-refractivity contribution in [1.29, 1.82) is 0 Å². The van der Waals surface area contributed by atoms with Crippen LogP contribution in [0.3, 0.4) is 0 Å². The first-order chi connectivity index (χ1) is 5.88. The second-order valence-electron chi connectivity index (χ2n) is 2.83. The predicted octanol–water partition coefficient (Wildman–Crippen LogP) is 0.579. The molecule has 4 nitrogen and oxygen atoms in total. The molecule has 0 aromatic carbocycles. The fourth-order valence-electron chi connectivity index (χ4n) is 1.16. The van der Waals surface area contributed by atoms with E-state index < -0.39 is 0 Å². The van der Waals surface area contributed by atoms with Crippen molar-refractivity contribution in [2.24, 2.45) is 5.73 Å². The first-order valence-corrected chi connectivity index (χ1v) is 4.45. The van der Waals surface area contributed by atoms with E-state index in [9.17, 15) is 0 Å². The van der Waals surface area contributed by atoms with Gasteiger partial charge >= 0.3 is 0 Å². The minimum Gasteiger partial charge on any atom is -0.330 e. The van der Waals surface area contributed by atoms with E-state index in [1.54, 1.807) is 6.33 Å². The van der Waals surface area contributed by atoms with Gasteiger partial charge in [0.05, 0.1) is 0 Å². The summed E-state index contributed by atoms with van der Waals surface area (Å²) in [4.78, 5) is 0. The average Bonchev–Trinajstić information content (AvgIpc) is 2.50. The molecule has 1 rings (SSSR count). The molecule has 0 aliphatic heterocycles. The molecule has 0 aliphatic carbocycles. The summed E-state index contributed by atoms with van der Waals surface area (Å²) in [5.41, 5.74) is 5.41. The summed E-state index contributed by atoms with van der Waals surface area (Å²) in [5.74, 6) is 1.06. The van der Waals surface area contributed by atoms with Gasteiger partial charge in [-0.2, -0.15) is 0 Å². The standard InChI is InChI=1S/C8H16N4/c1-2-6-12-7-10-11-8(12)4-3-5-9/h7H,2-6,9H2,1H3. The van der Waals surface area contributed by atoms with Crippen molar-refractivity contribution in [2.45, 2.75) is 32.7 Å². The normalized spacial score (nSPS) is 10.5. The number of aryl methyl sites for hydroxylation is 2. The van der Waals surface area contributed by atoms with E-state index >= 15 is 0 Å². The Bertz CT molecular complexity index is 219. The van der Waals surface area contributed by atoms with Crippen LogP contribution in [0.4, 0.5) is 0 Å². The Hall–Kier alpha value is -0.900. The van der Waals surface area contributed by atoms with Crippen molar-refractivity contribution >= 4 is 0 Å². The average molecular weight is 168 g/mol. The number of hydrogen-bond donors (Lipinski definition) is 1. The highest BCUT2D eigenvalue weighted by atomic mass is 15.3. The smallest absolute Gasteiger partial charge is 0.132 e. The Morgan fingerprint density at radius 2 is 2.42 bits per heavy atom. The van der Waals surface area contributed by atoms with E-state index in [4.69, 9.17) is 5.73 Å². The molecule has 4 heteroatoms. The van der Waals surface area contributed by atoms with Crippen LogP contribution >= 0.6 is 0 Å². The van der Waals surface area contributed by atoms with E-state index in [1.165, 1.54) is 0 Å². The molecular formula is C8H16N4. The lowest BCUT2D eigenvalue weighted by molar-refractivity contribution is 0.625. The lowest BCUT2D eigenvalue weighted by Crippen LogP contribution is -2.06. The maximum absolute atomic E-state index is 5.41. The lowest BCUT2D eigenvalue weighted by Gasteiger charge is -2.02. The Morgan fingerprint density at radius 1 is 1.58 bits per heavy atom. The van der Waals surface area contributed by atoms with E-state index in [-0.39, 0.29) is 0 Å². The van der Waals surface area contributed by atoms with Crippen molar-refractivity contribution < 1.29 is 0 Å².